The van der Waals surface area contributed by atoms with Crippen molar-refractivity contribution in [2.45, 2.75) is 39.2 Å². The first-order valence-electron chi connectivity index (χ1n) is 4.26. The first kappa shape index (κ1) is 12.8. The molecule has 2 heteroatoms. The molecule has 0 aromatic rings. The van der Waals surface area contributed by atoms with Crippen molar-refractivity contribution in [3.05, 3.63) is 0 Å². The van der Waals surface area contributed by atoms with Gasteiger partial charge in [0.25, 0.3) is 0 Å². The van der Waals surface area contributed by atoms with Crippen molar-refractivity contribution >= 4 is 58.2 Å². The monoisotopic (exact) mass is 226 g/mol. The minimum Gasteiger partial charge on any atom is -0.301 e. The second-order valence-corrected chi connectivity index (χ2v) is 4.12. The average molecular weight is 227 g/mol. The summed E-state index contributed by atoms with van der Waals surface area (Å²) in [6.07, 6.45) is 2.78. The Hall–Kier alpha value is 1.77. The second-order valence-electron chi connectivity index (χ2n) is 4.12. The zero-order chi connectivity index (χ0) is 7.78. The van der Waals surface area contributed by atoms with E-state index >= 15 is 0 Å². The van der Waals surface area contributed by atoms with E-state index in [-0.39, 0.29) is 58.2 Å². The van der Waals surface area contributed by atoms with Crippen LogP contribution in [0.3, 0.4) is 0 Å². The molecule has 1 heterocycles. The van der Waals surface area contributed by atoms with Crippen molar-refractivity contribution in [1.82, 2.24) is 4.90 Å². The maximum Gasteiger partial charge on any atom is 0.0175 e. The van der Waals surface area contributed by atoms with Crippen LogP contribution in [0.1, 0.15) is 33.6 Å². The van der Waals surface area contributed by atoms with Crippen molar-refractivity contribution in [3.8, 4) is 0 Å². The molecule has 0 amide bonds. The second kappa shape index (κ2) is 4.85. The third kappa shape index (κ3) is 2.87. The summed E-state index contributed by atoms with van der Waals surface area (Å²) in [7, 11) is 2.23. The van der Waals surface area contributed by atoms with E-state index in [9.17, 15) is 0 Å². The van der Waals surface area contributed by atoms with E-state index in [0.29, 0.717) is 5.54 Å². The van der Waals surface area contributed by atoms with Gasteiger partial charge in [-0.2, -0.15) is 0 Å². The molecule has 1 fully saturated rings. The fourth-order valence-electron chi connectivity index (χ4n) is 1.65. The minimum absolute atomic E-state index is 0. The summed E-state index contributed by atoms with van der Waals surface area (Å²) in [5, 5.41) is 0. The fourth-order valence-corrected chi connectivity index (χ4v) is 1.65. The number of nitrogens with zero attached hydrogens (tertiary/aromatic N) is 1. The Morgan fingerprint density at radius 2 is 1.91 bits per heavy atom. The smallest absolute Gasteiger partial charge is 0.0175 e. The van der Waals surface area contributed by atoms with Gasteiger partial charge in [0.1, 0.15) is 0 Å². The molecule has 1 rings (SSSR count). The van der Waals surface area contributed by atoms with Gasteiger partial charge in [-0.25, -0.2) is 0 Å². The Bertz CT molecular complexity index is 111. The molecule has 1 aliphatic heterocycles. The summed E-state index contributed by atoms with van der Waals surface area (Å²) in [6, 6.07) is 0. The van der Waals surface area contributed by atoms with Gasteiger partial charge in [0, 0.05) is 63.7 Å². The molecule has 11 heavy (non-hydrogen) atoms. The van der Waals surface area contributed by atoms with Crippen molar-refractivity contribution in [2.75, 3.05) is 13.6 Å². The number of piperidine rings is 1. The van der Waals surface area contributed by atoms with E-state index in [1.165, 1.54) is 19.4 Å². The van der Waals surface area contributed by atoms with Gasteiger partial charge in [-0.05, 0) is 46.2 Å². The van der Waals surface area contributed by atoms with Crippen LogP contribution in [0.4, 0.5) is 0 Å². The Morgan fingerprint density at radius 1 is 1.36 bits per heavy atom. The standard InChI is InChI=1S/C9H19N.Rb/c1-8-6-5-7-10(4)9(8,2)3;/h8H,5-7H2,1-4H3;. The zero-order valence-corrected chi connectivity index (χ0v) is 13.6. The minimum atomic E-state index is 0. The normalized spacial score (nSPS) is 31.1. The van der Waals surface area contributed by atoms with E-state index in [0.717, 1.165) is 5.92 Å². The van der Waals surface area contributed by atoms with Gasteiger partial charge in [0.2, 0.25) is 0 Å². The van der Waals surface area contributed by atoms with Crippen LogP contribution in [0.2, 0.25) is 0 Å². The molecule has 0 N–H and O–H groups in total. The number of hydrogen-bond acceptors (Lipinski definition) is 1. The van der Waals surface area contributed by atoms with Gasteiger partial charge in [0.05, 0.1) is 0 Å². The number of likely N-dealkylation sites (tertiary alicyclic amines) is 1. The molecular formula is C9H19NRb. The van der Waals surface area contributed by atoms with Gasteiger partial charge in [0.15, 0.2) is 0 Å². The van der Waals surface area contributed by atoms with E-state index < -0.39 is 0 Å². The van der Waals surface area contributed by atoms with Crippen LogP contribution in [0, 0.1) is 5.92 Å². The van der Waals surface area contributed by atoms with Crippen LogP contribution in [-0.2, 0) is 0 Å². The van der Waals surface area contributed by atoms with E-state index in [1.54, 1.807) is 0 Å². The van der Waals surface area contributed by atoms with Crippen molar-refractivity contribution < 1.29 is 0 Å². The largest absolute Gasteiger partial charge is 0.301 e. The SMILES string of the molecule is CC1CCCN(C)C1(C)C.[Rb]. The summed E-state index contributed by atoms with van der Waals surface area (Å²) in [4.78, 5) is 2.47. The Labute approximate surface area is 120 Å². The van der Waals surface area contributed by atoms with Crippen LogP contribution in [0.25, 0.3) is 0 Å². The predicted octanol–water partition coefficient (Wildman–Crippen LogP) is 1.75. The summed E-state index contributed by atoms with van der Waals surface area (Å²) in [5.41, 5.74) is 0.429. The van der Waals surface area contributed by atoms with Crippen molar-refractivity contribution in [2.24, 2.45) is 5.92 Å². The third-order valence-electron chi connectivity index (χ3n) is 3.32. The molecule has 1 nitrogen and oxygen atoms in total. The maximum absolute atomic E-state index is 2.47. The third-order valence-corrected chi connectivity index (χ3v) is 3.32. The van der Waals surface area contributed by atoms with E-state index in [1.807, 2.05) is 0 Å². The first-order valence-corrected chi connectivity index (χ1v) is 4.26. The summed E-state index contributed by atoms with van der Waals surface area (Å²) in [6.45, 7) is 8.32. The zero-order valence-electron chi connectivity index (χ0n) is 8.65. The topological polar surface area (TPSA) is 3.24 Å². The van der Waals surface area contributed by atoms with Gasteiger partial charge in [-0.3, -0.25) is 0 Å². The molecule has 1 radical (unpaired) electrons. The molecule has 1 unspecified atom stereocenters. The molecule has 0 aromatic heterocycles. The van der Waals surface area contributed by atoms with Gasteiger partial charge in [-0.1, -0.05) is 6.92 Å². The van der Waals surface area contributed by atoms with Gasteiger partial charge >= 0.3 is 0 Å². The van der Waals surface area contributed by atoms with Crippen LogP contribution < -0.4 is 0 Å². The van der Waals surface area contributed by atoms with Crippen LogP contribution in [-0.4, -0.2) is 82.2 Å². The Balaban J connectivity index is 0.000001000. The molecule has 1 saturated heterocycles. The Kier molecular flexibility index (Phi) is 5.63. The van der Waals surface area contributed by atoms with Crippen molar-refractivity contribution in [3.63, 3.8) is 0 Å². The van der Waals surface area contributed by atoms with Crippen LogP contribution in [0.15, 0.2) is 0 Å². The number of rotatable bonds is 0. The molecule has 0 aromatic carbocycles. The fraction of sp³-hybridized carbons (Fsp3) is 1.00. The molecule has 0 saturated carbocycles. The van der Waals surface area contributed by atoms with Crippen molar-refractivity contribution in [1.29, 1.82) is 0 Å². The van der Waals surface area contributed by atoms with Gasteiger partial charge in [-0.15, -0.1) is 0 Å². The average Bonchev–Trinajstić information content (AvgIpc) is 1.84. The van der Waals surface area contributed by atoms with Gasteiger partial charge < -0.3 is 4.90 Å². The molecule has 0 aliphatic carbocycles. The Morgan fingerprint density at radius 3 is 2.27 bits per heavy atom. The van der Waals surface area contributed by atoms with Crippen LogP contribution >= 0.6 is 0 Å². The predicted molar refractivity (Wildman–Crippen MR) is 50.9 cm³/mol. The maximum atomic E-state index is 2.47. The van der Waals surface area contributed by atoms with Crippen LogP contribution in [0.5, 0.6) is 0 Å². The summed E-state index contributed by atoms with van der Waals surface area (Å²) in [5.74, 6) is 0.853. The number of hydrogen-bond donors (Lipinski definition) is 0. The quantitative estimate of drug-likeness (QED) is 0.608. The molecular weight excluding hydrogens is 208 g/mol. The first-order chi connectivity index (χ1) is 4.55. The molecule has 0 bridgehead atoms. The molecule has 0 spiro atoms. The molecule has 1 aliphatic rings. The van der Waals surface area contributed by atoms with E-state index in [4.69, 9.17) is 0 Å². The molecule has 61 valence electrons. The van der Waals surface area contributed by atoms with E-state index in [2.05, 4.69) is 32.7 Å². The summed E-state index contributed by atoms with van der Waals surface area (Å²) >= 11 is 0. The molecule has 1 atom stereocenters. The summed E-state index contributed by atoms with van der Waals surface area (Å²) < 4.78 is 0.